The maximum atomic E-state index is 14.1. The van der Waals surface area contributed by atoms with Crippen LogP contribution in [0.1, 0.15) is 37.9 Å². The van der Waals surface area contributed by atoms with Gasteiger partial charge in [0.2, 0.25) is 10.0 Å². The number of halogens is 1. The van der Waals surface area contributed by atoms with Crippen molar-refractivity contribution in [1.29, 1.82) is 0 Å². The fraction of sp³-hybridized carbons (Fsp3) is 0.231. The Morgan fingerprint density at radius 3 is 2.31 bits per heavy atom. The molecular weight excluding hydrogens is 471 g/mol. The molecule has 0 spiro atoms. The second-order valence-electron chi connectivity index (χ2n) is 8.51. The van der Waals surface area contributed by atoms with Crippen LogP contribution in [0.4, 0.5) is 4.39 Å². The Morgan fingerprint density at radius 2 is 1.60 bits per heavy atom. The molecule has 0 aromatic heterocycles. The molecule has 0 bridgehead atoms. The molecule has 0 N–H and O–H groups in total. The quantitative estimate of drug-likeness (QED) is 0.519. The summed E-state index contributed by atoms with van der Waals surface area (Å²) in [5, 5.41) is 0. The Bertz CT molecular complexity index is 1390. The number of carbonyl (C=O) groups is 2. The lowest BCUT2D eigenvalue weighted by Gasteiger charge is -2.34. The van der Waals surface area contributed by atoms with Crippen LogP contribution in [0.5, 0.6) is 0 Å². The summed E-state index contributed by atoms with van der Waals surface area (Å²) in [5.74, 6) is -1.47. The van der Waals surface area contributed by atoms with Gasteiger partial charge in [-0.1, -0.05) is 42.5 Å². The van der Waals surface area contributed by atoms with Gasteiger partial charge in [-0.3, -0.25) is 4.79 Å². The number of esters is 1. The van der Waals surface area contributed by atoms with E-state index in [2.05, 4.69) is 0 Å². The van der Waals surface area contributed by atoms with Crippen molar-refractivity contribution in [2.24, 2.45) is 0 Å². The number of nitrogens with zero attached hydrogens (tertiary/aromatic N) is 2. The van der Waals surface area contributed by atoms with Crippen molar-refractivity contribution in [2.45, 2.75) is 17.4 Å². The average Bonchev–Trinajstić information content (AvgIpc) is 2.88. The van der Waals surface area contributed by atoms with E-state index < -0.39 is 27.9 Å². The predicted molar refractivity (Wildman–Crippen MR) is 126 cm³/mol. The molecule has 1 atom stereocenters. The van der Waals surface area contributed by atoms with Crippen LogP contribution in [-0.4, -0.2) is 55.7 Å². The minimum atomic E-state index is -3.99. The lowest BCUT2D eigenvalue weighted by molar-refractivity contribution is 0.0252. The van der Waals surface area contributed by atoms with Crippen molar-refractivity contribution in [2.75, 3.05) is 26.2 Å². The summed E-state index contributed by atoms with van der Waals surface area (Å²) >= 11 is 0. The van der Waals surface area contributed by atoms with E-state index in [1.807, 2.05) is 30.3 Å². The van der Waals surface area contributed by atoms with Crippen LogP contribution in [0.15, 0.2) is 77.7 Å². The number of carbonyl (C=O) groups excluding carboxylic acids is 2. The van der Waals surface area contributed by atoms with Gasteiger partial charge in [-0.15, -0.1) is 0 Å². The van der Waals surface area contributed by atoms with Gasteiger partial charge in [0.25, 0.3) is 5.91 Å². The molecule has 1 saturated heterocycles. The maximum Gasteiger partial charge on any atom is 0.339 e. The predicted octanol–water partition coefficient (Wildman–Crippen LogP) is 3.43. The molecule has 0 radical (unpaired) electrons. The molecule has 3 aromatic carbocycles. The second kappa shape index (κ2) is 9.24. The molecule has 0 saturated carbocycles. The fourth-order valence-corrected chi connectivity index (χ4v) is 5.98. The lowest BCUT2D eigenvalue weighted by atomic mass is 9.93. The summed E-state index contributed by atoms with van der Waals surface area (Å²) in [5.41, 5.74) is 2.49. The van der Waals surface area contributed by atoms with E-state index in [4.69, 9.17) is 4.74 Å². The van der Waals surface area contributed by atoms with E-state index >= 15 is 0 Å². The van der Waals surface area contributed by atoms with Crippen molar-refractivity contribution < 1.29 is 27.1 Å². The number of benzene rings is 3. The zero-order valence-electron chi connectivity index (χ0n) is 18.8. The van der Waals surface area contributed by atoms with Crippen LogP contribution in [0.25, 0.3) is 0 Å². The third-order valence-corrected chi connectivity index (χ3v) is 8.31. The minimum absolute atomic E-state index is 0.0652. The highest BCUT2D eigenvalue weighted by atomic mass is 32.2. The van der Waals surface area contributed by atoms with Gasteiger partial charge in [0.15, 0.2) is 0 Å². The molecule has 0 aliphatic carbocycles. The summed E-state index contributed by atoms with van der Waals surface area (Å²) in [6.07, 6.45) is 0.0367. The average molecular weight is 495 g/mol. The number of ether oxygens (including phenoxy) is 1. The highest BCUT2D eigenvalue weighted by molar-refractivity contribution is 7.89. The van der Waals surface area contributed by atoms with Crippen LogP contribution < -0.4 is 0 Å². The molecule has 9 heteroatoms. The SMILES string of the molecule is O=C1O[C@@H](c2ccccc2)Cc2cc(C(=O)N3CCN(S(=O)(=O)c4ccccc4F)CC3)ccc21. The number of cyclic esters (lactones) is 1. The van der Waals surface area contributed by atoms with Crippen molar-refractivity contribution in [3.8, 4) is 0 Å². The van der Waals surface area contributed by atoms with Crippen molar-refractivity contribution in [3.05, 3.63) is 101 Å². The Kier molecular flexibility index (Phi) is 6.12. The maximum absolute atomic E-state index is 14.1. The first-order valence-electron chi connectivity index (χ1n) is 11.3. The van der Waals surface area contributed by atoms with Crippen LogP contribution in [0.2, 0.25) is 0 Å². The van der Waals surface area contributed by atoms with Gasteiger partial charge < -0.3 is 9.64 Å². The number of hydrogen-bond donors (Lipinski definition) is 0. The van der Waals surface area contributed by atoms with Crippen molar-refractivity contribution in [1.82, 2.24) is 9.21 Å². The Morgan fingerprint density at radius 1 is 0.914 bits per heavy atom. The van der Waals surface area contributed by atoms with Crippen LogP contribution in [0.3, 0.4) is 0 Å². The largest absolute Gasteiger partial charge is 0.454 e. The molecule has 1 amide bonds. The summed E-state index contributed by atoms with van der Waals surface area (Å²) in [6, 6.07) is 19.6. The first kappa shape index (κ1) is 23.2. The molecule has 35 heavy (non-hydrogen) atoms. The van der Waals surface area contributed by atoms with Crippen LogP contribution in [0, 0.1) is 5.82 Å². The molecule has 2 aliphatic rings. The molecular formula is C26H23FN2O5S. The smallest absolute Gasteiger partial charge is 0.339 e. The number of hydrogen-bond acceptors (Lipinski definition) is 5. The Labute approximate surface area is 202 Å². The third-order valence-electron chi connectivity index (χ3n) is 6.38. The van der Waals surface area contributed by atoms with E-state index in [0.29, 0.717) is 17.5 Å². The van der Waals surface area contributed by atoms with Crippen molar-refractivity contribution >= 4 is 21.9 Å². The second-order valence-corrected chi connectivity index (χ2v) is 10.4. The van der Waals surface area contributed by atoms with Gasteiger partial charge in [0, 0.05) is 38.2 Å². The highest BCUT2D eigenvalue weighted by Gasteiger charge is 2.33. The molecule has 2 aliphatic heterocycles. The highest BCUT2D eigenvalue weighted by Crippen LogP contribution is 2.31. The minimum Gasteiger partial charge on any atom is -0.454 e. The van der Waals surface area contributed by atoms with E-state index in [-0.39, 0.29) is 37.0 Å². The standard InChI is InChI=1S/C26H23FN2O5S/c27-22-8-4-5-9-24(22)35(32,33)29-14-12-28(13-15-29)25(30)19-10-11-21-20(16-19)17-23(34-26(21)31)18-6-2-1-3-7-18/h1-11,16,23H,12-15,17H2/t23-/m1/s1. The van der Waals surface area contributed by atoms with Gasteiger partial charge >= 0.3 is 5.97 Å². The number of fused-ring (bicyclic) bond motifs is 1. The molecule has 180 valence electrons. The summed E-state index contributed by atoms with van der Waals surface area (Å²) in [4.78, 5) is 26.9. The first-order chi connectivity index (χ1) is 16.8. The van der Waals surface area contributed by atoms with E-state index in [0.717, 1.165) is 17.2 Å². The van der Waals surface area contributed by atoms with Crippen molar-refractivity contribution in [3.63, 3.8) is 0 Å². The molecule has 3 aromatic rings. The number of sulfonamides is 1. The summed E-state index contributed by atoms with van der Waals surface area (Å²) < 4.78 is 46.5. The summed E-state index contributed by atoms with van der Waals surface area (Å²) in [7, 11) is -3.99. The number of amides is 1. The molecule has 5 rings (SSSR count). The van der Waals surface area contributed by atoms with Gasteiger partial charge in [0.05, 0.1) is 5.56 Å². The third kappa shape index (κ3) is 4.44. The fourth-order valence-electron chi connectivity index (χ4n) is 4.49. The van der Waals surface area contributed by atoms with Crippen LogP contribution >= 0.6 is 0 Å². The topological polar surface area (TPSA) is 84.0 Å². The molecule has 7 nitrogen and oxygen atoms in total. The van der Waals surface area contributed by atoms with E-state index in [9.17, 15) is 22.4 Å². The molecule has 2 heterocycles. The number of rotatable bonds is 4. The summed E-state index contributed by atoms with van der Waals surface area (Å²) in [6.45, 7) is 0.488. The zero-order chi connectivity index (χ0) is 24.6. The van der Waals surface area contributed by atoms with Gasteiger partial charge in [-0.05, 0) is 41.5 Å². The van der Waals surface area contributed by atoms with E-state index in [1.54, 1.807) is 23.1 Å². The Hall–Kier alpha value is -3.56. The monoisotopic (exact) mass is 494 g/mol. The number of piperazine rings is 1. The van der Waals surface area contributed by atoms with Crippen LogP contribution in [-0.2, 0) is 21.2 Å². The first-order valence-corrected chi connectivity index (χ1v) is 12.7. The van der Waals surface area contributed by atoms with Gasteiger partial charge in [-0.25, -0.2) is 17.6 Å². The van der Waals surface area contributed by atoms with E-state index in [1.165, 1.54) is 22.5 Å². The molecule has 0 unspecified atom stereocenters. The molecule has 1 fully saturated rings. The van der Waals surface area contributed by atoms with Gasteiger partial charge in [0.1, 0.15) is 16.8 Å². The normalized spacial score (nSPS) is 18.6. The zero-order valence-corrected chi connectivity index (χ0v) is 19.6. The Balaban J connectivity index is 1.30. The van der Waals surface area contributed by atoms with Gasteiger partial charge in [-0.2, -0.15) is 4.31 Å². The lowest BCUT2D eigenvalue weighted by Crippen LogP contribution is -2.50.